The number of β-amino-alcohol motifs (C(OH)–C–C–N with tert-alkyl or cyclic N) is 1. The second-order valence-corrected chi connectivity index (χ2v) is 22.0. The molecule has 0 unspecified atom stereocenters. The van der Waals surface area contributed by atoms with Crippen LogP contribution in [0.25, 0.3) is 0 Å². The number of aliphatic hydroxyl groups is 6. The zero-order valence-corrected chi connectivity index (χ0v) is 46.0. The molecule has 0 spiro atoms. The van der Waals surface area contributed by atoms with E-state index >= 15 is 0 Å². The van der Waals surface area contributed by atoms with Crippen molar-refractivity contribution in [1.82, 2.24) is 14.7 Å². The van der Waals surface area contributed by atoms with Crippen LogP contribution in [-0.2, 0) is 38.1 Å². The molecule has 4 fully saturated rings. The molecule has 1 aromatic carbocycles. The Morgan fingerprint density at radius 1 is 0.933 bits per heavy atom. The summed E-state index contributed by atoms with van der Waals surface area (Å²) in [5.74, 6) is -5.15. The van der Waals surface area contributed by atoms with Gasteiger partial charge in [0.05, 0.1) is 70.9 Å². The van der Waals surface area contributed by atoms with Gasteiger partial charge in [0.1, 0.15) is 30.5 Å². The molecule has 4 aliphatic heterocycles. The van der Waals surface area contributed by atoms with Crippen molar-refractivity contribution in [2.75, 3.05) is 66.6 Å². The molecule has 0 aliphatic carbocycles. The number of rotatable bonds is 16. The highest BCUT2D eigenvalue weighted by Crippen LogP contribution is 2.41. The molecule has 18 atom stereocenters. The number of hydrogen-bond acceptors (Lipinski definition) is 20. The van der Waals surface area contributed by atoms with E-state index in [4.69, 9.17) is 33.3 Å². The predicted molar refractivity (Wildman–Crippen MR) is 275 cm³/mol. The lowest BCUT2D eigenvalue weighted by atomic mass is 9.73. The Balaban J connectivity index is 1.54. The van der Waals surface area contributed by atoms with E-state index in [0.717, 1.165) is 26.2 Å². The number of aliphatic hydroxyl groups excluding tert-OH is 4. The molecular formula is C53H87N5O17. The number of amides is 1. The zero-order valence-electron chi connectivity index (χ0n) is 46.0. The Bertz CT molecular complexity index is 2070. The highest BCUT2D eigenvalue weighted by Gasteiger charge is 2.54. The summed E-state index contributed by atoms with van der Waals surface area (Å²) >= 11 is 0. The van der Waals surface area contributed by atoms with Crippen molar-refractivity contribution >= 4 is 23.3 Å². The highest BCUT2D eigenvalue weighted by molar-refractivity contribution is 5.94. The Kier molecular flexibility index (Phi) is 22.1. The van der Waals surface area contributed by atoms with E-state index in [2.05, 4.69) is 15.0 Å². The minimum atomic E-state index is -2.03. The molecule has 4 heterocycles. The molecule has 22 nitrogen and oxygen atoms in total. The summed E-state index contributed by atoms with van der Waals surface area (Å²) in [5.41, 5.74) is -4.86. The van der Waals surface area contributed by atoms with Gasteiger partial charge in [0.15, 0.2) is 12.6 Å². The molecule has 22 heteroatoms. The van der Waals surface area contributed by atoms with Crippen LogP contribution < -0.4 is 0 Å². The van der Waals surface area contributed by atoms with E-state index in [1.54, 1.807) is 55.4 Å². The number of piperazine rings is 1. The Morgan fingerprint density at radius 3 is 2.17 bits per heavy atom. The zero-order chi connectivity index (χ0) is 55.7. The number of benzene rings is 1. The number of ether oxygens (including phenoxy) is 6. The van der Waals surface area contributed by atoms with Crippen molar-refractivity contribution in [3.05, 3.63) is 52.1 Å². The predicted octanol–water partition coefficient (Wildman–Crippen LogP) is 2.87. The van der Waals surface area contributed by atoms with Crippen LogP contribution in [-0.4, -0.2) is 219 Å². The molecule has 4 saturated heterocycles. The van der Waals surface area contributed by atoms with Gasteiger partial charge < -0.3 is 68.8 Å². The van der Waals surface area contributed by atoms with Crippen LogP contribution >= 0.6 is 0 Å². The van der Waals surface area contributed by atoms with Crippen LogP contribution in [0, 0.1) is 33.8 Å². The Hall–Kier alpha value is -3.75. The summed E-state index contributed by atoms with van der Waals surface area (Å²) in [4.78, 5) is 51.0. The number of likely N-dealkylation sites (N-methyl/N-ethyl adjacent to an activating group) is 1. The average Bonchev–Trinajstić information content (AvgIpc) is 3.37. The van der Waals surface area contributed by atoms with E-state index in [-0.39, 0.29) is 55.9 Å². The third kappa shape index (κ3) is 15.1. The number of nitro groups is 1. The number of cyclic esters (lactones) is 1. The van der Waals surface area contributed by atoms with Gasteiger partial charge >= 0.3 is 5.97 Å². The molecule has 6 N–H and O–H groups in total. The van der Waals surface area contributed by atoms with Crippen molar-refractivity contribution in [3.8, 4) is 0 Å². The lowest BCUT2D eigenvalue weighted by Crippen LogP contribution is -2.61. The van der Waals surface area contributed by atoms with Gasteiger partial charge in [-0.3, -0.25) is 29.5 Å². The van der Waals surface area contributed by atoms with Gasteiger partial charge in [0.25, 0.3) is 11.6 Å². The number of nitrogens with zero attached hydrogens (tertiary/aromatic N) is 5. The van der Waals surface area contributed by atoms with Crippen LogP contribution in [0.2, 0.25) is 0 Å². The molecule has 0 bridgehead atoms. The first-order chi connectivity index (χ1) is 35.2. The molecule has 5 rings (SSSR count). The second-order valence-electron chi connectivity index (χ2n) is 22.0. The van der Waals surface area contributed by atoms with Gasteiger partial charge in [-0.25, -0.2) is 0 Å². The van der Waals surface area contributed by atoms with Gasteiger partial charge in [-0.1, -0.05) is 38.9 Å². The van der Waals surface area contributed by atoms with Crippen LogP contribution in [0.5, 0.6) is 0 Å². The fourth-order valence-electron chi connectivity index (χ4n) is 11.3. The standard InChI is InChI=1S/C53H87N5O17/c1-13-40-53(10,66)45(61)33(4)42(54-70-27-15-14-20-56-21-23-57(24-22-56)25-26-59)31(2)29-51(8,65)47(34(5)44(35(6)49(64)73-40)74-41-30-52(9,69-12)46(62)36(7)72-41)75-50-43(60)39(28-32(3)71-50)55(11)48(63)37-16-18-38(19-17-37)58(67)68/h14-19,31-36,39-41,43-47,50,59-62,65-66H,13,20-30H2,1-12H3/b15-14+,54-42+/t31-,32-,33+,34+,35-,36+,39+,40-,41+,43-,44+,45-,46+,47-,50+,51+,52-,53-/m1/s1. The molecule has 1 aromatic rings. The number of carbonyl (C=O) groups excluding carboxylic acids is 2. The van der Waals surface area contributed by atoms with Gasteiger partial charge in [-0.2, -0.15) is 0 Å². The first-order valence-electron chi connectivity index (χ1n) is 26.5. The van der Waals surface area contributed by atoms with Gasteiger partial charge in [0, 0.05) is 95.3 Å². The molecule has 0 aromatic heterocycles. The van der Waals surface area contributed by atoms with Crippen molar-refractivity contribution < 1.29 is 78.4 Å². The van der Waals surface area contributed by atoms with E-state index < -0.39 is 125 Å². The molecule has 0 saturated carbocycles. The number of hydrogen-bond donors (Lipinski definition) is 6. The number of non-ortho nitro benzene ring substituents is 1. The topological polar surface area (TPSA) is 285 Å². The van der Waals surface area contributed by atoms with Crippen LogP contribution in [0.1, 0.15) is 105 Å². The van der Waals surface area contributed by atoms with Crippen molar-refractivity contribution in [2.45, 2.75) is 179 Å². The highest BCUT2D eigenvalue weighted by atomic mass is 16.7. The monoisotopic (exact) mass is 1070 g/mol. The smallest absolute Gasteiger partial charge is 0.311 e. The van der Waals surface area contributed by atoms with E-state index in [1.165, 1.54) is 57.2 Å². The minimum absolute atomic E-state index is 0.0194. The van der Waals surface area contributed by atoms with Crippen molar-refractivity contribution in [1.29, 1.82) is 0 Å². The largest absolute Gasteiger partial charge is 0.459 e. The molecule has 1 amide bonds. The molecule has 4 aliphatic rings. The lowest BCUT2D eigenvalue weighted by Gasteiger charge is -2.49. The maximum Gasteiger partial charge on any atom is 0.311 e. The maximum absolute atomic E-state index is 14.6. The SMILES string of the molecule is CC[C@H]1OC(=O)[C@H](C)[C@@H](O[C@H]2C[C@@](C)(OC)[C@@H](O)[C@H](C)O2)[C@H](C)[C@@H](O[C@@H]2O[C@H](C)C[C@H](N(C)C(=O)c3ccc([N+](=O)[O-])cc3)[C@H]2O)[C@@](C)(O)C[C@@H](C)/C(=N\OC/C=C/CN2CCN(CCO)CC2)[C@H](C)[C@@H](O)[C@]1(C)O. The quantitative estimate of drug-likeness (QED) is 0.0456. The van der Waals surface area contributed by atoms with E-state index in [0.29, 0.717) is 13.1 Å². The number of nitro benzene ring substituents is 1. The average molecular weight is 1070 g/mol. The normalized spacial score (nSPS) is 39.7. The molecule has 0 radical (unpaired) electrons. The number of methoxy groups -OCH3 is 1. The van der Waals surface area contributed by atoms with Crippen LogP contribution in [0.15, 0.2) is 41.6 Å². The Labute approximate surface area is 442 Å². The van der Waals surface area contributed by atoms with Crippen molar-refractivity contribution in [2.24, 2.45) is 28.8 Å². The van der Waals surface area contributed by atoms with Gasteiger partial charge in [-0.15, -0.1) is 0 Å². The lowest BCUT2D eigenvalue weighted by molar-refractivity contribution is -0.384. The summed E-state index contributed by atoms with van der Waals surface area (Å²) in [5, 5.41) is 85.9. The summed E-state index contributed by atoms with van der Waals surface area (Å²) in [6.07, 6.45) is -7.99. The van der Waals surface area contributed by atoms with Crippen molar-refractivity contribution in [3.63, 3.8) is 0 Å². The van der Waals surface area contributed by atoms with Gasteiger partial charge in [0.2, 0.25) is 0 Å². The molecule has 426 valence electrons. The first-order valence-corrected chi connectivity index (χ1v) is 26.5. The summed E-state index contributed by atoms with van der Waals surface area (Å²) in [7, 11) is 2.96. The maximum atomic E-state index is 14.6. The third-order valence-corrected chi connectivity index (χ3v) is 16.1. The number of carbonyl (C=O) groups is 2. The van der Waals surface area contributed by atoms with Gasteiger partial charge in [-0.05, 0) is 79.0 Å². The Morgan fingerprint density at radius 2 is 1.57 bits per heavy atom. The molecular weight excluding hydrogens is 979 g/mol. The third-order valence-electron chi connectivity index (χ3n) is 16.1. The molecule has 75 heavy (non-hydrogen) atoms. The summed E-state index contributed by atoms with van der Waals surface area (Å²) in [6, 6.07) is 4.20. The summed E-state index contributed by atoms with van der Waals surface area (Å²) in [6.45, 7) is 21.4. The van der Waals surface area contributed by atoms with Crippen LogP contribution in [0.3, 0.4) is 0 Å². The fraction of sp³-hybridized carbons (Fsp3) is 0.792. The second kappa shape index (κ2) is 26.7. The van der Waals surface area contributed by atoms with Crippen LogP contribution in [0.4, 0.5) is 5.69 Å². The minimum Gasteiger partial charge on any atom is -0.459 e. The number of esters is 1. The fourth-order valence-corrected chi connectivity index (χ4v) is 11.3. The number of oxime groups is 1. The van der Waals surface area contributed by atoms with E-state index in [9.17, 15) is 50.3 Å². The van der Waals surface area contributed by atoms with E-state index in [1.807, 2.05) is 12.2 Å². The first kappa shape index (κ1) is 62.1. The summed E-state index contributed by atoms with van der Waals surface area (Å²) < 4.78 is 38.1.